The first-order chi connectivity index (χ1) is 9.95. The summed E-state index contributed by atoms with van der Waals surface area (Å²) in [6.45, 7) is 0. The van der Waals surface area contributed by atoms with Crippen LogP contribution in [0.25, 0.3) is 0 Å². The minimum Gasteiger partial charge on any atom is -0.399 e. The molecule has 0 radical (unpaired) electrons. The Morgan fingerprint density at radius 1 is 1.14 bits per heavy atom. The maximum absolute atomic E-state index is 13.5. The van der Waals surface area contributed by atoms with Crippen molar-refractivity contribution in [3.8, 4) is 0 Å². The quantitative estimate of drug-likeness (QED) is 0.836. The minimum atomic E-state index is -0.575. The number of carbonyl (C=O) groups excluding carboxylic acids is 2. The van der Waals surface area contributed by atoms with Crippen LogP contribution in [0.15, 0.2) is 46.9 Å². The van der Waals surface area contributed by atoms with Gasteiger partial charge in [0.1, 0.15) is 5.82 Å². The van der Waals surface area contributed by atoms with E-state index in [0.29, 0.717) is 15.7 Å². The lowest BCUT2D eigenvalue weighted by Gasteiger charge is -2.06. The van der Waals surface area contributed by atoms with Gasteiger partial charge >= 0.3 is 0 Å². The lowest BCUT2D eigenvalue weighted by Crippen LogP contribution is -2.31. The molecule has 0 atom stereocenters. The summed E-state index contributed by atoms with van der Waals surface area (Å²) in [6.07, 6.45) is -0.216. The molecular formula is C15H12BrFN2O2. The van der Waals surface area contributed by atoms with Crippen molar-refractivity contribution < 1.29 is 14.0 Å². The molecule has 0 spiro atoms. The number of imide groups is 1. The van der Waals surface area contributed by atoms with E-state index < -0.39 is 17.6 Å². The fourth-order valence-electron chi connectivity index (χ4n) is 1.73. The van der Waals surface area contributed by atoms with Gasteiger partial charge in [0.25, 0.3) is 5.91 Å². The summed E-state index contributed by atoms with van der Waals surface area (Å²) in [5, 5.41) is 2.21. The van der Waals surface area contributed by atoms with Crippen LogP contribution in [0.5, 0.6) is 0 Å². The van der Waals surface area contributed by atoms with Gasteiger partial charge in [0.2, 0.25) is 5.91 Å². The third-order valence-corrected chi connectivity index (χ3v) is 3.28. The number of halogens is 2. The zero-order valence-corrected chi connectivity index (χ0v) is 12.5. The highest BCUT2D eigenvalue weighted by atomic mass is 79.9. The van der Waals surface area contributed by atoms with Gasteiger partial charge < -0.3 is 5.73 Å². The van der Waals surface area contributed by atoms with Crippen molar-refractivity contribution in [1.82, 2.24) is 5.32 Å². The van der Waals surface area contributed by atoms with E-state index in [9.17, 15) is 14.0 Å². The molecule has 3 N–H and O–H groups in total. The average molecular weight is 351 g/mol. The van der Waals surface area contributed by atoms with E-state index in [0.717, 1.165) is 0 Å². The van der Waals surface area contributed by atoms with Gasteiger partial charge in [0.05, 0.1) is 6.42 Å². The molecule has 0 unspecified atom stereocenters. The number of nitrogen functional groups attached to an aromatic ring is 1. The molecule has 0 aliphatic heterocycles. The first kappa shape index (κ1) is 15.2. The van der Waals surface area contributed by atoms with E-state index >= 15 is 0 Å². The number of hydrogen-bond donors (Lipinski definition) is 2. The summed E-state index contributed by atoms with van der Waals surface area (Å²) in [5.41, 5.74) is 6.57. The van der Waals surface area contributed by atoms with E-state index in [4.69, 9.17) is 5.73 Å². The first-order valence-corrected chi connectivity index (χ1v) is 6.88. The molecule has 2 aromatic rings. The van der Waals surface area contributed by atoms with Gasteiger partial charge in [-0.1, -0.05) is 15.9 Å². The van der Waals surface area contributed by atoms with Crippen molar-refractivity contribution in [2.45, 2.75) is 6.42 Å². The van der Waals surface area contributed by atoms with Crippen LogP contribution >= 0.6 is 15.9 Å². The number of hydrogen-bond acceptors (Lipinski definition) is 3. The predicted molar refractivity (Wildman–Crippen MR) is 81.1 cm³/mol. The van der Waals surface area contributed by atoms with Crippen molar-refractivity contribution in [3.05, 3.63) is 63.9 Å². The maximum atomic E-state index is 13.5. The second-order valence-corrected chi connectivity index (χ2v) is 5.33. The molecule has 0 heterocycles. The Kier molecular flexibility index (Phi) is 4.70. The van der Waals surface area contributed by atoms with Crippen LogP contribution in [0.2, 0.25) is 0 Å². The Balaban J connectivity index is 2.03. The molecule has 0 aromatic heterocycles. The summed E-state index contributed by atoms with van der Waals surface area (Å²) < 4.78 is 14.2. The Hall–Kier alpha value is -2.21. The van der Waals surface area contributed by atoms with E-state index in [-0.39, 0.29) is 12.0 Å². The number of nitrogens with one attached hydrogen (secondary N) is 1. The molecule has 21 heavy (non-hydrogen) atoms. The van der Waals surface area contributed by atoms with E-state index in [1.54, 1.807) is 12.1 Å². The van der Waals surface area contributed by atoms with Gasteiger partial charge in [-0.05, 0) is 48.0 Å². The van der Waals surface area contributed by atoms with Crippen molar-refractivity contribution in [2.24, 2.45) is 0 Å². The van der Waals surface area contributed by atoms with E-state index in [1.807, 2.05) is 0 Å². The number of nitrogens with two attached hydrogens (primary N) is 1. The molecule has 2 amide bonds. The molecular weight excluding hydrogens is 339 g/mol. The Morgan fingerprint density at radius 2 is 1.81 bits per heavy atom. The predicted octanol–water partition coefficient (Wildman–Crippen LogP) is 2.67. The second kappa shape index (κ2) is 6.49. The molecule has 0 saturated heterocycles. The molecule has 0 aliphatic rings. The molecule has 0 bridgehead atoms. The smallest absolute Gasteiger partial charge is 0.257 e. The van der Waals surface area contributed by atoms with Crippen LogP contribution in [0.3, 0.4) is 0 Å². The number of rotatable bonds is 3. The van der Waals surface area contributed by atoms with Crippen molar-refractivity contribution in [1.29, 1.82) is 0 Å². The van der Waals surface area contributed by atoms with Crippen molar-refractivity contribution in [3.63, 3.8) is 0 Å². The van der Waals surface area contributed by atoms with Gasteiger partial charge in [-0.2, -0.15) is 0 Å². The third kappa shape index (κ3) is 4.13. The number of carbonyl (C=O) groups is 2. The molecule has 108 valence electrons. The number of anilines is 1. The van der Waals surface area contributed by atoms with Gasteiger partial charge in [-0.15, -0.1) is 0 Å². The number of amides is 2. The average Bonchev–Trinajstić information content (AvgIpc) is 2.43. The molecule has 4 nitrogen and oxygen atoms in total. The molecule has 6 heteroatoms. The highest BCUT2D eigenvalue weighted by Gasteiger charge is 2.13. The normalized spacial score (nSPS) is 10.2. The highest BCUT2D eigenvalue weighted by molar-refractivity contribution is 9.10. The highest BCUT2D eigenvalue weighted by Crippen LogP contribution is 2.16. The third-order valence-electron chi connectivity index (χ3n) is 2.78. The molecule has 2 rings (SSSR count). The van der Waals surface area contributed by atoms with Gasteiger partial charge in [-0.3, -0.25) is 14.9 Å². The fourth-order valence-corrected chi connectivity index (χ4v) is 2.14. The van der Waals surface area contributed by atoms with Crippen LogP contribution in [-0.2, 0) is 11.2 Å². The zero-order chi connectivity index (χ0) is 15.4. The van der Waals surface area contributed by atoms with Gasteiger partial charge in [-0.25, -0.2) is 4.39 Å². The lowest BCUT2D eigenvalue weighted by atomic mass is 10.1. The first-order valence-electron chi connectivity index (χ1n) is 6.09. The van der Waals surface area contributed by atoms with Crippen molar-refractivity contribution in [2.75, 3.05) is 5.73 Å². The fraction of sp³-hybridized carbons (Fsp3) is 0.0667. The second-order valence-electron chi connectivity index (χ2n) is 4.41. The molecule has 0 fully saturated rings. The van der Waals surface area contributed by atoms with Crippen LogP contribution in [-0.4, -0.2) is 11.8 Å². The summed E-state index contributed by atoms with van der Waals surface area (Å²) in [6, 6.07) is 10.4. The molecule has 0 saturated carbocycles. The van der Waals surface area contributed by atoms with Crippen LogP contribution < -0.4 is 11.1 Å². The summed E-state index contributed by atoms with van der Waals surface area (Å²) in [5.74, 6) is -1.61. The van der Waals surface area contributed by atoms with E-state index in [1.165, 1.54) is 30.3 Å². The Morgan fingerprint density at radius 3 is 2.48 bits per heavy atom. The summed E-state index contributed by atoms with van der Waals surface area (Å²) in [7, 11) is 0. The Labute approximate surface area is 129 Å². The molecule has 0 aliphatic carbocycles. The van der Waals surface area contributed by atoms with E-state index in [2.05, 4.69) is 21.2 Å². The van der Waals surface area contributed by atoms with Crippen LogP contribution in [0.1, 0.15) is 15.9 Å². The maximum Gasteiger partial charge on any atom is 0.257 e. The topological polar surface area (TPSA) is 72.2 Å². The monoisotopic (exact) mass is 350 g/mol. The summed E-state index contributed by atoms with van der Waals surface area (Å²) in [4.78, 5) is 23.6. The number of benzene rings is 2. The minimum absolute atomic E-state index is 0.215. The Bertz CT molecular complexity index is 687. The lowest BCUT2D eigenvalue weighted by molar-refractivity contribution is -0.119. The van der Waals surface area contributed by atoms with Crippen LogP contribution in [0, 0.1) is 5.82 Å². The standard InChI is InChI=1S/C15H12BrFN2O2/c16-11-3-6-13(17)10(7-11)8-14(20)19-15(21)9-1-4-12(18)5-2-9/h1-7H,8,18H2,(H,19,20,21). The zero-order valence-electron chi connectivity index (χ0n) is 10.9. The summed E-state index contributed by atoms with van der Waals surface area (Å²) >= 11 is 3.20. The SMILES string of the molecule is Nc1ccc(C(=O)NC(=O)Cc2cc(Br)ccc2F)cc1. The van der Waals surface area contributed by atoms with Crippen molar-refractivity contribution >= 4 is 33.4 Å². The van der Waals surface area contributed by atoms with Gasteiger partial charge in [0.15, 0.2) is 0 Å². The largest absolute Gasteiger partial charge is 0.399 e. The van der Waals surface area contributed by atoms with Crippen LogP contribution in [0.4, 0.5) is 10.1 Å². The van der Waals surface area contributed by atoms with Gasteiger partial charge in [0, 0.05) is 15.7 Å². The molecule has 2 aromatic carbocycles.